The largest absolute Gasteiger partial charge is 0.377 e. The number of aromatic nitrogens is 4. The minimum Gasteiger partial charge on any atom is -0.377 e. The van der Waals surface area contributed by atoms with E-state index in [0.29, 0.717) is 12.8 Å². The first-order chi connectivity index (χ1) is 11.3. The lowest BCUT2D eigenvalue weighted by atomic mass is 9.92. The third-order valence-electron chi connectivity index (χ3n) is 3.99. The molecule has 125 valence electrons. The summed E-state index contributed by atoms with van der Waals surface area (Å²) in [6, 6.07) is 9.13. The molecule has 1 radical (unpaired) electrons. The molecule has 24 heavy (non-hydrogen) atoms. The first-order valence-electron chi connectivity index (χ1n) is 8.11. The summed E-state index contributed by atoms with van der Waals surface area (Å²) in [5.41, 5.74) is 4.35. The second kappa shape index (κ2) is 6.38. The van der Waals surface area contributed by atoms with Gasteiger partial charge in [0.15, 0.2) is 0 Å². The maximum absolute atomic E-state index is 10.7. The van der Waals surface area contributed by atoms with Crippen molar-refractivity contribution in [3.8, 4) is 17.2 Å². The Balaban J connectivity index is 1.65. The van der Waals surface area contributed by atoms with Crippen molar-refractivity contribution in [3.05, 3.63) is 30.6 Å². The minimum atomic E-state index is -1.46. The van der Waals surface area contributed by atoms with Crippen LogP contribution in [0.3, 0.4) is 0 Å². The molecule has 0 amide bonds. The Morgan fingerprint density at radius 1 is 1.25 bits per heavy atom. The third-order valence-corrected chi connectivity index (χ3v) is 4.87. The van der Waals surface area contributed by atoms with Gasteiger partial charge in [0.25, 0.3) is 0 Å². The molecular weight excluding hydrogens is 318 g/mol. The first kappa shape index (κ1) is 16.7. The normalized spacial score (nSPS) is 17.2. The van der Waals surface area contributed by atoms with Gasteiger partial charge in [0.1, 0.15) is 20.0 Å². The molecule has 0 atom stereocenters. The molecule has 1 fully saturated rings. The van der Waals surface area contributed by atoms with Gasteiger partial charge >= 0.3 is 0 Å². The van der Waals surface area contributed by atoms with Crippen LogP contribution in [0.25, 0.3) is 5.69 Å². The minimum absolute atomic E-state index is 0.660. The van der Waals surface area contributed by atoms with Gasteiger partial charge < -0.3 is 10.0 Å². The van der Waals surface area contributed by atoms with Crippen molar-refractivity contribution in [2.75, 3.05) is 18.0 Å². The van der Waals surface area contributed by atoms with E-state index in [1.807, 2.05) is 18.2 Å². The highest BCUT2D eigenvalue weighted by Crippen LogP contribution is 2.26. The lowest BCUT2D eigenvalue weighted by Crippen LogP contribution is -2.44. The van der Waals surface area contributed by atoms with Gasteiger partial charge in [0.2, 0.25) is 0 Å². The van der Waals surface area contributed by atoms with Crippen molar-refractivity contribution in [2.24, 2.45) is 0 Å². The predicted octanol–water partition coefficient (Wildman–Crippen LogP) is 1.67. The van der Waals surface area contributed by atoms with Crippen LogP contribution in [0.5, 0.6) is 0 Å². The number of hydrogen-bond donors (Lipinski definition) is 1. The highest BCUT2D eigenvalue weighted by Gasteiger charge is 2.31. The SMILES string of the molecule is C[Si](C)(C)C#CC1(O)CCN(c2[c]cc(-n3cnnn3)cc2)CC1. The zero-order valence-electron chi connectivity index (χ0n) is 14.3. The van der Waals surface area contributed by atoms with Crippen molar-refractivity contribution >= 4 is 13.8 Å². The number of tetrazole rings is 1. The van der Waals surface area contributed by atoms with E-state index in [9.17, 15) is 5.11 Å². The van der Waals surface area contributed by atoms with Crippen molar-refractivity contribution < 1.29 is 5.11 Å². The molecule has 0 bridgehead atoms. The van der Waals surface area contributed by atoms with Crippen LogP contribution in [0.4, 0.5) is 5.69 Å². The Bertz CT molecular complexity index is 732. The predicted molar refractivity (Wildman–Crippen MR) is 95.5 cm³/mol. The number of aliphatic hydroxyl groups is 1. The van der Waals surface area contributed by atoms with Gasteiger partial charge in [0, 0.05) is 37.7 Å². The molecule has 0 saturated carbocycles. The van der Waals surface area contributed by atoms with Gasteiger partial charge in [-0.1, -0.05) is 25.6 Å². The van der Waals surface area contributed by atoms with Crippen molar-refractivity contribution in [1.82, 2.24) is 20.2 Å². The van der Waals surface area contributed by atoms with E-state index in [4.69, 9.17) is 0 Å². The molecule has 7 heteroatoms. The van der Waals surface area contributed by atoms with E-state index in [-0.39, 0.29) is 0 Å². The Hall–Kier alpha value is -2.17. The van der Waals surface area contributed by atoms with Crippen molar-refractivity contribution in [1.29, 1.82) is 0 Å². The molecule has 3 rings (SSSR count). The van der Waals surface area contributed by atoms with Crippen LogP contribution in [-0.4, -0.2) is 52.1 Å². The Kier molecular flexibility index (Phi) is 4.43. The molecule has 0 aliphatic carbocycles. The summed E-state index contributed by atoms with van der Waals surface area (Å²) in [7, 11) is -1.46. The van der Waals surface area contributed by atoms with Crippen molar-refractivity contribution in [3.63, 3.8) is 0 Å². The Morgan fingerprint density at radius 3 is 2.54 bits per heavy atom. The van der Waals surface area contributed by atoms with Crippen LogP contribution in [-0.2, 0) is 0 Å². The van der Waals surface area contributed by atoms with E-state index in [1.54, 1.807) is 11.0 Å². The third kappa shape index (κ3) is 4.02. The van der Waals surface area contributed by atoms with E-state index in [0.717, 1.165) is 24.5 Å². The van der Waals surface area contributed by atoms with Gasteiger partial charge in [-0.25, -0.2) is 4.68 Å². The Labute approximate surface area is 143 Å². The lowest BCUT2D eigenvalue weighted by molar-refractivity contribution is 0.0747. The molecule has 1 aromatic carbocycles. The second-order valence-corrected chi connectivity index (χ2v) is 12.0. The number of rotatable bonds is 2. The zero-order chi connectivity index (χ0) is 17.2. The average Bonchev–Trinajstić information content (AvgIpc) is 3.08. The summed E-state index contributed by atoms with van der Waals surface area (Å²) in [4.78, 5) is 2.23. The molecular formula is C17H22N5OSi. The smallest absolute Gasteiger partial charge is 0.143 e. The molecule has 1 aromatic heterocycles. The number of piperidine rings is 1. The highest BCUT2D eigenvalue weighted by molar-refractivity contribution is 6.83. The van der Waals surface area contributed by atoms with Gasteiger partial charge in [-0.3, -0.25) is 0 Å². The topological polar surface area (TPSA) is 67.1 Å². The average molecular weight is 340 g/mol. The van der Waals surface area contributed by atoms with Crippen LogP contribution >= 0.6 is 0 Å². The standard InChI is InChI=1S/C17H22N5OSi/c1-24(2,3)13-10-17(23)8-11-21(12-9-17)15-4-6-16(7-5-15)22-14-18-19-20-22/h4,6-7,14,23H,8-9,11-12H2,1-3H3. The molecule has 1 aliphatic heterocycles. The molecule has 6 nitrogen and oxygen atoms in total. The number of anilines is 1. The summed E-state index contributed by atoms with van der Waals surface area (Å²) >= 11 is 0. The maximum Gasteiger partial charge on any atom is 0.143 e. The zero-order valence-corrected chi connectivity index (χ0v) is 15.3. The summed E-state index contributed by atoms with van der Waals surface area (Å²) in [6.07, 6.45) is 2.88. The maximum atomic E-state index is 10.7. The molecule has 2 heterocycles. The first-order valence-corrected chi connectivity index (χ1v) is 11.6. The molecule has 1 saturated heterocycles. The van der Waals surface area contributed by atoms with E-state index in [2.05, 4.69) is 57.6 Å². The molecule has 1 N–H and O–H groups in total. The fourth-order valence-corrected chi connectivity index (χ4v) is 3.18. The Morgan fingerprint density at radius 2 is 2.00 bits per heavy atom. The van der Waals surface area contributed by atoms with Crippen molar-refractivity contribution in [2.45, 2.75) is 38.1 Å². The van der Waals surface area contributed by atoms with Gasteiger partial charge in [-0.2, -0.15) is 0 Å². The van der Waals surface area contributed by atoms with Gasteiger partial charge in [-0.05, 0) is 28.6 Å². The second-order valence-electron chi connectivity index (χ2n) is 7.21. The lowest BCUT2D eigenvalue weighted by Gasteiger charge is -2.36. The van der Waals surface area contributed by atoms with Gasteiger partial charge in [0.05, 0.1) is 5.69 Å². The summed E-state index contributed by atoms with van der Waals surface area (Å²) in [5.74, 6) is 3.14. The summed E-state index contributed by atoms with van der Waals surface area (Å²) in [6.45, 7) is 8.13. The van der Waals surface area contributed by atoms with Crippen LogP contribution in [0, 0.1) is 17.5 Å². The molecule has 2 aromatic rings. The number of hydrogen-bond acceptors (Lipinski definition) is 5. The van der Waals surface area contributed by atoms with Gasteiger partial charge in [-0.15, -0.1) is 10.6 Å². The quantitative estimate of drug-likeness (QED) is 0.665. The van der Waals surface area contributed by atoms with Crippen LogP contribution in [0.15, 0.2) is 24.5 Å². The van der Waals surface area contributed by atoms with E-state index < -0.39 is 13.7 Å². The van der Waals surface area contributed by atoms with Crippen LogP contribution in [0.1, 0.15) is 12.8 Å². The van der Waals surface area contributed by atoms with E-state index >= 15 is 0 Å². The van der Waals surface area contributed by atoms with Crippen LogP contribution < -0.4 is 4.90 Å². The van der Waals surface area contributed by atoms with E-state index in [1.165, 1.54) is 0 Å². The number of benzene rings is 1. The summed E-state index contributed by atoms with van der Waals surface area (Å²) < 4.78 is 1.60. The fourth-order valence-electron chi connectivity index (χ4n) is 2.57. The highest BCUT2D eigenvalue weighted by atomic mass is 28.3. The molecule has 0 unspecified atom stereocenters. The van der Waals surface area contributed by atoms with Crippen LogP contribution in [0.2, 0.25) is 19.6 Å². The number of nitrogens with zero attached hydrogens (tertiary/aromatic N) is 5. The fraction of sp³-hybridized carbons (Fsp3) is 0.471. The monoisotopic (exact) mass is 340 g/mol. The molecule has 0 spiro atoms. The molecule has 1 aliphatic rings. The summed E-state index contributed by atoms with van der Waals surface area (Å²) in [5, 5.41) is 21.8.